The van der Waals surface area contributed by atoms with Crippen LogP contribution in [0.4, 0.5) is 4.39 Å². The van der Waals surface area contributed by atoms with Gasteiger partial charge in [-0.25, -0.2) is 4.39 Å². The highest BCUT2D eigenvalue weighted by Crippen LogP contribution is 2.66. The van der Waals surface area contributed by atoms with Crippen molar-refractivity contribution in [3.05, 3.63) is 100 Å². The summed E-state index contributed by atoms with van der Waals surface area (Å²) in [5.74, 6) is -0.554. The number of aliphatic hydroxyl groups excluding tert-OH is 1. The van der Waals surface area contributed by atoms with E-state index in [1.165, 1.54) is 18.2 Å². The van der Waals surface area contributed by atoms with Crippen molar-refractivity contribution in [1.82, 2.24) is 0 Å². The van der Waals surface area contributed by atoms with Crippen LogP contribution in [0.2, 0.25) is 5.02 Å². The van der Waals surface area contributed by atoms with E-state index in [1.807, 2.05) is 30.3 Å². The molecule has 3 nitrogen and oxygen atoms in total. The van der Waals surface area contributed by atoms with E-state index in [9.17, 15) is 14.6 Å². The molecule has 0 aromatic heterocycles. The number of hydrogen-bond acceptors (Lipinski definition) is 3. The van der Waals surface area contributed by atoms with Gasteiger partial charge in [-0.1, -0.05) is 54.1 Å². The van der Waals surface area contributed by atoms with Crippen LogP contribution in [-0.2, 0) is 11.2 Å². The van der Waals surface area contributed by atoms with Gasteiger partial charge in [-0.05, 0) is 41.8 Å². The normalized spacial score (nSPS) is 30.6. The number of benzene rings is 3. The summed E-state index contributed by atoms with van der Waals surface area (Å²) < 4.78 is 20.3. The topological polar surface area (TPSA) is 49.7 Å². The molecular formula is C23H18ClFO3. The third-order valence-corrected chi connectivity index (χ3v) is 6.35. The van der Waals surface area contributed by atoms with Crippen LogP contribution in [0, 0.1) is 5.82 Å². The summed E-state index contributed by atoms with van der Waals surface area (Å²) in [5, 5.41) is 23.5. The Morgan fingerprint density at radius 3 is 2.43 bits per heavy atom. The lowest BCUT2D eigenvalue weighted by Gasteiger charge is -2.40. The molecule has 2 N–H and O–H groups in total. The fourth-order valence-electron chi connectivity index (χ4n) is 4.90. The lowest BCUT2D eigenvalue weighted by atomic mass is 9.71. The fraction of sp³-hybridized carbons (Fsp3) is 0.217. The van der Waals surface area contributed by atoms with Crippen molar-refractivity contribution in [2.45, 2.75) is 29.6 Å². The van der Waals surface area contributed by atoms with Gasteiger partial charge in [0.15, 0.2) is 11.2 Å². The number of halogens is 2. The van der Waals surface area contributed by atoms with Gasteiger partial charge in [0.1, 0.15) is 11.6 Å². The molecule has 1 aliphatic heterocycles. The van der Waals surface area contributed by atoms with Crippen LogP contribution in [0.15, 0.2) is 72.8 Å². The number of fused-ring (bicyclic) bond motifs is 3. The summed E-state index contributed by atoms with van der Waals surface area (Å²) in [7, 11) is 0. The van der Waals surface area contributed by atoms with E-state index in [0.29, 0.717) is 22.6 Å². The molecule has 0 spiro atoms. The minimum Gasteiger partial charge on any atom is -0.478 e. The second-order valence-corrected chi connectivity index (χ2v) is 7.90. The van der Waals surface area contributed by atoms with E-state index < -0.39 is 23.1 Å². The molecule has 5 heteroatoms. The van der Waals surface area contributed by atoms with Crippen LogP contribution in [0.3, 0.4) is 0 Å². The number of hydrogen-bond donors (Lipinski definition) is 2. The zero-order valence-corrected chi connectivity index (χ0v) is 15.6. The molecule has 0 radical (unpaired) electrons. The predicted molar refractivity (Wildman–Crippen MR) is 104 cm³/mol. The second kappa shape index (κ2) is 6.05. The van der Waals surface area contributed by atoms with Crippen molar-refractivity contribution in [3.8, 4) is 5.75 Å². The molecule has 142 valence electrons. The number of rotatable bonds is 2. The summed E-state index contributed by atoms with van der Waals surface area (Å²) >= 11 is 6.08. The number of aliphatic hydroxyl groups is 2. The molecule has 0 amide bonds. The largest absolute Gasteiger partial charge is 0.478 e. The average molecular weight is 397 g/mol. The van der Waals surface area contributed by atoms with Crippen molar-refractivity contribution in [2.75, 3.05) is 0 Å². The highest BCUT2D eigenvalue weighted by Gasteiger charge is 2.72. The van der Waals surface area contributed by atoms with E-state index in [0.717, 1.165) is 5.56 Å². The zero-order chi connectivity index (χ0) is 19.5. The lowest BCUT2D eigenvalue weighted by molar-refractivity contribution is -0.149. The molecule has 0 unspecified atom stereocenters. The molecule has 1 aliphatic carbocycles. The minimum absolute atomic E-state index is 0.247. The molecule has 3 aromatic rings. The van der Waals surface area contributed by atoms with Gasteiger partial charge >= 0.3 is 0 Å². The Labute approximate surface area is 167 Å². The van der Waals surface area contributed by atoms with E-state index in [-0.39, 0.29) is 11.7 Å². The Balaban J connectivity index is 1.80. The SMILES string of the molecule is O[C@H]1C[C@@H](c2ccccc2)[C@]2(c3ccc(Cl)cc3)Oc3cc(F)ccc3[C@]12O. The Bertz CT molecular complexity index is 1040. The number of ether oxygens (including phenoxy) is 1. The van der Waals surface area contributed by atoms with Crippen molar-refractivity contribution in [2.24, 2.45) is 0 Å². The molecule has 3 aromatic carbocycles. The molecule has 28 heavy (non-hydrogen) atoms. The average Bonchev–Trinajstić information content (AvgIpc) is 3.09. The van der Waals surface area contributed by atoms with Crippen molar-refractivity contribution in [1.29, 1.82) is 0 Å². The van der Waals surface area contributed by atoms with Crippen LogP contribution >= 0.6 is 11.6 Å². The smallest absolute Gasteiger partial charge is 0.176 e. The predicted octanol–water partition coefficient (Wildman–Crippen LogP) is 4.50. The zero-order valence-electron chi connectivity index (χ0n) is 14.8. The first-order valence-corrected chi connectivity index (χ1v) is 9.55. The summed E-state index contributed by atoms with van der Waals surface area (Å²) in [6, 6.07) is 20.7. The first-order valence-electron chi connectivity index (χ1n) is 9.17. The molecule has 0 saturated heterocycles. The maximum atomic E-state index is 13.9. The van der Waals surface area contributed by atoms with Gasteiger partial charge in [-0.2, -0.15) is 0 Å². The van der Waals surface area contributed by atoms with Gasteiger partial charge in [-0.3, -0.25) is 0 Å². The Kier molecular flexibility index (Phi) is 3.82. The van der Waals surface area contributed by atoms with E-state index in [2.05, 4.69) is 0 Å². The van der Waals surface area contributed by atoms with Gasteiger partial charge in [0.05, 0.1) is 6.10 Å². The van der Waals surface area contributed by atoms with E-state index in [4.69, 9.17) is 16.3 Å². The van der Waals surface area contributed by atoms with Gasteiger partial charge in [0.25, 0.3) is 0 Å². The molecule has 2 aliphatic rings. The monoisotopic (exact) mass is 396 g/mol. The van der Waals surface area contributed by atoms with Crippen molar-refractivity contribution < 1.29 is 19.3 Å². The highest BCUT2D eigenvalue weighted by atomic mass is 35.5. The maximum absolute atomic E-state index is 13.9. The van der Waals surface area contributed by atoms with Gasteiger partial charge in [0.2, 0.25) is 0 Å². The molecule has 4 atom stereocenters. The van der Waals surface area contributed by atoms with Gasteiger partial charge in [-0.15, -0.1) is 0 Å². The molecule has 1 fully saturated rings. The molecule has 5 rings (SSSR count). The molecule has 1 saturated carbocycles. The maximum Gasteiger partial charge on any atom is 0.176 e. The third kappa shape index (κ3) is 2.17. The minimum atomic E-state index is -1.72. The first-order chi connectivity index (χ1) is 13.5. The third-order valence-electron chi connectivity index (χ3n) is 6.10. The van der Waals surface area contributed by atoms with Crippen LogP contribution in [-0.4, -0.2) is 16.3 Å². The molecule has 0 bridgehead atoms. The summed E-state index contributed by atoms with van der Waals surface area (Å²) in [6.45, 7) is 0. The van der Waals surface area contributed by atoms with Gasteiger partial charge in [0, 0.05) is 22.6 Å². The lowest BCUT2D eigenvalue weighted by Crippen LogP contribution is -2.51. The molecular weight excluding hydrogens is 379 g/mol. The van der Waals surface area contributed by atoms with E-state index >= 15 is 0 Å². The fourth-order valence-corrected chi connectivity index (χ4v) is 5.03. The Morgan fingerprint density at radius 1 is 1.00 bits per heavy atom. The van der Waals surface area contributed by atoms with E-state index in [1.54, 1.807) is 24.3 Å². The van der Waals surface area contributed by atoms with Crippen molar-refractivity contribution in [3.63, 3.8) is 0 Å². The highest BCUT2D eigenvalue weighted by molar-refractivity contribution is 6.30. The quantitative estimate of drug-likeness (QED) is 0.670. The summed E-state index contributed by atoms with van der Waals surface area (Å²) in [6.07, 6.45) is -0.778. The van der Waals surface area contributed by atoms with Crippen LogP contribution < -0.4 is 4.74 Å². The van der Waals surface area contributed by atoms with Crippen LogP contribution in [0.25, 0.3) is 0 Å². The Hall–Kier alpha value is -2.40. The Morgan fingerprint density at radius 2 is 1.71 bits per heavy atom. The first kappa shape index (κ1) is 17.7. The summed E-state index contributed by atoms with van der Waals surface area (Å²) in [5.41, 5.74) is -1.00. The van der Waals surface area contributed by atoms with Crippen molar-refractivity contribution >= 4 is 11.6 Å². The van der Waals surface area contributed by atoms with Crippen LogP contribution in [0.5, 0.6) is 5.75 Å². The second-order valence-electron chi connectivity index (χ2n) is 7.47. The standard InChI is InChI=1S/C23H18ClFO3/c24-16-8-6-15(7-9-16)23-19(14-4-2-1-3-5-14)13-21(26)22(23,27)18-11-10-17(25)12-20(18)28-23/h1-12,19,21,26-27H,13H2/t19-,21-,22-,23-/m0/s1. The van der Waals surface area contributed by atoms with Gasteiger partial charge < -0.3 is 14.9 Å². The van der Waals surface area contributed by atoms with Crippen LogP contribution in [0.1, 0.15) is 29.0 Å². The summed E-state index contributed by atoms with van der Waals surface area (Å²) in [4.78, 5) is 0. The molecule has 1 heterocycles.